The molecular weight excluding hydrogens is 380 g/mol. The molecule has 4 rings (SSSR count). The van der Waals surface area contributed by atoms with Gasteiger partial charge >= 0.3 is 0 Å². The average molecular weight is 397 g/mol. The smallest absolute Gasteiger partial charge is 0.234 e. The maximum Gasteiger partial charge on any atom is 0.234 e. The molecule has 0 saturated carbocycles. The number of amides is 1. The first kappa shape index (κ1) is 17.6. The van der Waals surface area contributed by atoms with Crippen molar-refractivity contribution >= 4 is 44.9 Å². The highest BCUT2D eigenvalue weighted by Crippen LogP contribution is 2.34. The summed E-state index contributed by atoms with van der Waals surface area (Å²) in [5, 5.41) is 8.88. The van der Waals surface area contributed by atoms with Crippen LogP contribution in [0.2, 0.25) is 0 Å². The lowest BCUT2D eigenvalue weighted by molar-refractivity contribution is -0.113. The lowest BCUT2D eigenvalue weighted by atomic mass is 10.2. The van der Waals surface area contributed by atoms with Crippen LogP contribution in [0.5, 0.6) is 0 Å². The third kappa shape index (κ3) is 3.69. The van der Waals surface area contributed by atoms with E-state index in [1.54, 1.807) is 28.7 Å². The second kappa shape index (κ2) is 7.45. The summed E-state index contributed by atoms with van der Waals surface area (Å²) < 4.78 is 1.66. The summed E-state index contributed by atoms with van der Waals surface area (Å²) in [6, 6.07) is 7.44. The maximum absolute atomic E-state index is 12.3. The summed E-state index contributed by atoms with van der Waals surface area (Å²) in [6.45, 7) is 4.14. The van der Waals surface area contributed by atoms with Crippen molar-refractivity contribution in [1.82, 2.24) is 24.7 Å². The van der Waals surface area contributed by atoms with E-state index in [1.165, 1.54) is 28.5 Å². The fraction of sp³-hybridized carbons (Fsp3) is 0.167. The van der Waals surface area contributed by atoms with Crippen molar-refractivity contribution in [2.24, 2.45) is 0 Å². The van der Waals surface area contributed by atoms with Crippen LogP contribution in [0.25, 0.3) is 15.9 Å². The number of anilines is 1. The van der Waals surface area contributed by atoms with Gasteiger partial charge in [-0.3, -0.25) is 4.79 Å². The molecule has 7 nitrogen and oxygen atoms in total. The van der Waals surface area contributed by atoms with Gasteiger partial charge in [0.1, 0.15) is 28.8 Å². The molecule has 0 aliphatic rings. The fourth-order valence-corrected chi connectivity index (χ4v) is 4.55. The number of carbonyl (C=O) groups excluding carboxylic acids is 1. The molecule has 0 aliphatic carbocycles. The van der Waals surface area contributed by atoms with E-state index in [0.717, 1.165) is 26.6 Å². The van der Waals surface area contributed by atoms with Crippen LogP contribution in [0.4, 0.5) is 5.69 Å². The number of hydrogen-bond acceptors (Lipinski definition) is 7. The predicted molar refractivity (Wildman–Crippen MR) is 108 cm³/mol. The number of nitrogens with zero attached hydrogens (tertiary/aromatic N) is 5. The molecule has 1 N–H and O–H groups in total. The molecule has 0 fully saturated rings. The van der Waals surface area contributed by atoms with Crippen molar-refractivity contribution in [3.63, 3.8) is 0 Å². The van der Waals surface area contributed by atoms with Crippen molar-refractivity contribution < 1.29 is 4.79 Å². The molecule has 9 heteroatoms. The molecule has 0 unspecified atom stereocenters. The highest BCUT2D eigenvalue weighted by molar-refractivity contribution is 8.00. The molecule has 0 radical (unpaired) electrons. The largest absolute Gasteiger partial charge is 0.325 e. The summed E-state index contributed by atoms with van der Waals surface area (Å²) in [5.74, 6) is 0.204. The minimum atomic E-state index is -0.0788. The van der Waals surface area contributed by atoms with E-state index in [0.29, 0.717) is 0 Å². The zero-order valence-corrected chi connectivity index (χ0v) is 16.3. The van der Waals surface area contributed by atoms with E-state index in [2.05, 4.69) is 39.2 Å². The Bertz CT molecular complexity index is 1090. The minimum Gasteiger partial charge on any atom is -0.325 e. The Labute approximate surface area is 163 Å². The molecule has 0 spiro atoms. The first-order valence-corrected chi connectivity index (χ1v) is 10.0. The second-order valence-electron chi connectivity index (χ2n) is 5.87. The zero-order chi connectivity index (χ0) is 18.8. The lowest BCUT2D eigenvalue weighted by Crippen LogP contribution is -2.14. The van der Waals surface area contributed by atoms with Crippen LogP contribution < -0.4 is 5.32 Å². The Hall–Kier alpha value is -2.78. The van der Waals surface area contributed by atoms with Crippen molar-refractivity contribution in [3.05, 3.63) is 53.7 Å². The van der Waals surface area contributed by atoms with E-state index in [9.17, 15) is 4.79 Å². The number of hydrogen-bond donors (Lipinski definition) is 1. The topological polar surface area (TPSA) is 85.6 Å². The van der Waals surface area contributed by atoms with Crippen molar-refractivity contribution in [2.45, 2.75) is 18.9 Å². The van der Waals surface area contributed by atoms with Crippen molar-refractivity contribution in [3.8, 4) is 5.69 Å². The van der Waals surface area contributed by atoms with E-state index < -0.39 is 0 Å². The molecule has 3 heterocycles. The third-order valence-corrected chi connectivity index (χ3v) is 6.21. The van der Waals surface area contributed by atoms with Crippen LogP contribution in [0.3, 0.4) is 0 Å². The first-order valence-electron chi connectivity index (χ1n) is 8.20. The van der Waals surface area contributed by atoms with Gasteiger partial charge in [-0.25, -0.2) is 19.6 Å². The molecule has 3 aromatic heterocycles. The van der Waals surface area contributed by atoms with Gasteiger partial charge in [-0.1, -0.05) is 11.8 Å². The van der Waals surface area contributed by atoms with Crippen molar-refractivity contribution in [1.29, 1.82) is 0 Å². The van der Waals surface area contributed by atoms with Gasteiger partial charge in [-0.2, -0.15) is 5.10 Å². The maximum atomic E-state index is 12.3. The van der Waals surface area contributed by atoms with E-state index in [4.69, 9.17) is 0 Å². The highest BCUT2D eigenvalue weighted by Gasteiger charge is 2.13. The number of fused-ring (bicyclic) bond motifs is 1. The SMILES string of the molecule is Cc1sc2ncnc(SCC(=O)Nc3ccc(-n4cncn4)cc3)c2c1C. The molecular formula is C18H16N6OS2. The molecule has 4 aromatic rings. The summed E-state index contributed by atoms with van der Waals surface area (Å²) in [6.07, 6.45) is 4.66. The quantitative estimate of drug-likeness (QED) is 0.410. The van der Waals surface area contributed by atoms with Gasteiger partial charge in [0.25, 0.3) is 0 Å². The number of aromatic nitrogens is 5. The number of carbonyl (C=O) groups is 1. The highest BCUT2D eigenvalue weighted by atomic mass is 32.2. The van der Waals surface area contributed by atoms with E-state index in [-0.39, 0.29) is 11.7 Å². The Kier molecular flexibility index (Phi) is 4.87. The third-order valence-electron chi connectivity index (χ3n) is 4.10. The van der Waals surface area contributed by atoms with Crippen LogP contribution in [0.1, 0.15) is 10.4 Å². The Morgan fingerprint density at radius 2 is 2.00 bits per heavy atom. The fourth-order valence-electron chi connectivity index (χ4n) is 2.63. The summed E-state index contributed by atoms with van der Waals surface area (Å²) >= 11 is 3.08. The van der Waals surface area contributed by atoms with Gasteiger partial charge in [0.15, 0.2) is 0 Å². The van der Waals surface area contributed by atoms with Gasteiger partial charge in [-0.05, 0) is 43.7 Å². The number of aryl methyl sites for hydroxylation is 2. The van der Waals surface area contributed by atoms with Crippen LogP contribution in [0.15, 0.2) is 48.3 Å². The van der Waals surface area contributed by atoms with Crippen LogP contribution >= 0.6 is 23.1 Å². The molecule has 1 amide bonds. The lowest BCUT2D eigenvalue weighted by Gasteiger charge is -2.07. The first-order chi connectivity index (χ1) is 13.1. The number of thiophene rings is 1. The molecule has 1 aromatic carbocycles. The molecule has 0 bridgehead atoms. The Balaban J connectivity index is 1.42. The van der Waals surface area contributed by atoms with Gasteiger partial charge in [0, 0.05) is 16.0 Å². The molecule has 136 valence electrons. The number of rotatable bonds is 5. The summed E-state index contributed by atoms with van der Waals surface area (Å²) in [4.78, 5) is 27.1. The van der Waals surface area contributed by atoms with Gasteiger partial charge in [0.05, 0.1) is 11.4 Å². The zero-order valence-electron chi connectivity index (χ0n) is 14.7. The minimum absolute atomic E-state index is 0.0788. The van der Waals surface area contributed by atoms with Crippen LogP contribution in [0, 0.1) is 13.8 Å². The molecule has 0 atom stereocenters. The second-order valence-corrected chi connectivity index (χ2v) is 8.03. The number of benzene rings is 1. The van der Waals surface area contributed by atoms with Crippen LogP contribution in [-0.2, 0) is 4.79 Å². The summed E-state index contributed by atoms with van der Waals surface area (Å²) in [5.41, 5.74) is 2.80. The van der Waals surface area contributed by atoms with E-state index >= 15 is 0 Å². The van der Waals surface area contributed by atoms with Gasteiger partial charge in [-0.15, -0.1) is 11.3 Å². The van der Waals surface area contributed by atoms with Crippen molar-refractivity contribution in [2.75, 3.05) is 11.1 Å². The molecule has 0 aliphatic heterocycles. The van der Waals surface area contributed by atoms with Gasteiger partial charge in [0.2, 0.25) is 5.91 Å². The Morgan fingerprint density at radius 3 is 2.74 bits per heavy atom. The van der Waals surface area contributed by atoms with Crippen LogP contribution in [-0.4, -0.2) is 36.4 Å². The monoisotopic (exact) mass is 396 g/mol. The standard InChI is InChI=1S/C18H16N6OS2/c1-11-12(2)27-18-16(11)17(20-9-21-18)26-7-15(25)23-13-3-5-14(6-4-13)24-10-19-8-22-24/h3-6,8-10H,7H2,1-2H3,(H,23,25). The number of nitrogens with one attached hydrogen (secondary N) is 1. The predicted octanol–water partition coefficient (Wildman–Crippen LogP) is 3.62. The average Bonchev–Trinajstić information content (AvgIpc) is 3.30. The molecule has 27 heavy (non-hydrogen) atoms. The summed E-state index contributed by atoms with van der Waals surface area (Å²) in [7, 11) is 0. The molecule has 0 saturated heterocycles. The number of thioether (sulfide) groups is 1. The van der Waals surface area contributed by atoms with E-state index in [1.807, 2.05) is 24.3 Å². The normalized spacial score (nSPS) is 11.0. The van der Waals surface area contributed by atoms with Gasteiger partial charge < -0.3 is 5.32 Å². The Morgan fingerprint density at radius 1 is 1.19 bits per heavy atom.